The second-order valence-electron chi connectivity index (χ2n) is 4.59. The topological polar surface area (TPSA) is 142 Å². The molecule has 0 aliphatic heterocycles. The second kappa shape index (κ2) is 18.8. The fourth-order valence-corrected chi connectivity index (χ4v) is 1.05. The van der Waals surface area contributed by atoms with Gasteiger partial charge in [0.1, 0.15) is 0 Å². The van der Waals surface area contributed by atoms with Crippen molar-refractivity contribution < 1.29 is 27.2 Å². The summed E-state index contributed by atoms with van der Waals surface area (Å²) in [6.45, 7) is 9.74. The molecule has 0 heterocycles. The van der Waals surface area contributed by atoms with E-state index in [1.165, 1.54) is 0 Å². The van der Waals surface area contributed by atoms with Crippen LogP contribution in [-0.4, -0.2) is 59.4 Å². The molecular weight excluding hydrogens is 343 g/mol. The summed E-state index contributed by atoms with van der Waals surface area (Å²) in [6.07, 6.45) is 1.74. The first-order chi connectivity index (χ1) is 10.4. The van der Waals surface area contributed by atoms with E-state index in [-0.39, 0.29) is 16.8 Å². The second-order valence-corrected chi connectivity index (χ2v) is 4.59. The van der Waals surface area contributed by atoms with Gasteiger partial charge in [0.25, 0.3) is 0 Å². The van der Waals surface area contributed by atoms with Gasteiger partial charge in [-0.15, -0.1) is 0 Å². The number of oxime groups is 2. The summed E-state index contributed by atoms with van der Waals surface area (Å²) >= 11 is 0. The minimum absolute atomic E-state index is 0. The van der Waals surface area contributed by atoms with Crippen LogP contribution in [0.2, 0.25) is 0 Å². The molecule has 0 rings (SSSR count). The van der Waals surface area contributed by atoms with Crippen LogP contribution in [0.3, 0.4) is 0 Å². The predicted molar refractivity (Wildman–Crippen MR) is 93.1 cm³/mol. The van der Waals surface area contributed by atoms with Gasteiger partial charge < -0.3 is 21.9 Å². The van der Waals surface area contributed by atoms with Crippen molar-refractivity contribution in [3.8, 4) is 0 Å². The molecule has 0 aliphatic carbocycles. The Kier molecular flexibility index (Phi) is 21.7. The maximum absolute atomic E-state index is 8.34. The molecule has 0 saturated carbocycles. The van der Waals surface area contributed by atoms with Crippen LogP contribution in [0.4, 0.5) is 0 Å². The minimum Gasteiger partial charge on any atom is -0.411 e. The van der Waals surface area contributed by atoms with Crippen molar-refractivity contribution in [2.75, 3.05) is 26.2 Å². The van der Waals surface area contributed by atoms with Crippen LogP contribution >= 0.6 is 0 Å². The summed E-state index contributed by atoms with van der Waals surface area (Å²) in [5, 5.41) is 22.7. The molecule has 0 aromatic carbocycles. The van der Waals surface area contributed by atoms with Gasteiger partial charge in [-0.05, 0) is 53.6 Å². The van der Waals surface area contributed by atoms with Crippen molar-refractivity contribution in [3.05, 3.63) is 0 Å². The summed E-state index contributed by atoms with van der Waals surface area (Å²) in [7, 11) is 0. The van der Waals surface area contributed by atoms with Crippen LogP contribution in [-0.2, 0) is 16.8 Å². The summed E-state index contributed by atoms with van der Waals surface area (Å²) in [6, 6.07) is 0. The Hall–Kier alpha value is -1.29. The molecular formula is C14H30CoN6O2+2. The fourth-order valence-electron chi connectivity index (χ4n) is 1.05. The molecule has 9 heteroatoms. The zero-order chi connectivity index (χ0) is 17.4. The van der Waals surface area contributed by atoms with Gasteiger partial charge in [-0.2, -0.15) is 0 Å². The van der Waals surface area contributed by atoms with E-state index >= 15 is 0 Å². The van der Waals surface area contributed by atoms with Crippen molar-refractivity contribution >= 4 is 22.8 Å². The summed E-state index contributed by atoms with van der Waals surface area (Å²) in [5.41, 5.74) is 13.2. The molecule has 1 radical (unpaired) electrons. The van der Waals surface area contributed by atoms with Crippen molar-refractivity contribution in [2.45, 2.75) is 40.5 Å². The zero-order valence-electron chi connectivity index (χ0n) is 14.4. The summed E-state index contributed by atoms with van der Waals surface area (Å²) < 4.78 is 0. The van der Waals surface area contributed by atoms with Gasteiger partial charge in [0, 0.05) is 13.1 Å². The maximum Gasteiger partial charge on any atom is 2.00 e. The Morgan fingerprint density at radius 1 is 0.696 bits per heavy atom. The van der Waals surface area contributed by atoms with Gasteiger partial charge in [0.15, 0.2) is 0 Å². The van der Waals surface area contributed by atoms with Gasteiger partial charge in [-0.25, -0.2) is 0 Å². The van der Waals surface area contributed by atoms with Crippen LogP contribution < -0.4 is 11.5 Å². The minimum atomic E-state index is 0. The Balaban J connectivity index is -0.000000333. The quantitative estimate of drug-likeness (QED) is 0.220. The first kappa shape index (κ1) is 26.6. The third kappa shape index (κ3) is 16.9. The monoisotopic (exact) mass is 373 g/mol. The molecule has 0 aliphatic rings. The molecule has 0 saturated heterocycles. The van der Waals surface area contributed by atoms with E-state index in [1.54, 1.807) is 13.8 Å². The standard InChI is InChI=1S/2C7H15N3O.Co/c2*1-6(7(2)10-11)9-5-3-4-8;/h2*11H,3-5,8H2,1-2H3;/q;;+2/b2*9-6?,10-7+;. The molecule has 6 N–H and O–H groups in total. The van der Waals surface area contributed by atoms with Crippen molar-refractivity contribution in [1.29, 1.82) is 0 Å². The maximum atomic E-state index is 8.34. The van der Waals surface area contributed by atoms with Crippen LogP contribution in [0.5, 0.6) is 0 Å². The molecule has 0 bridgehead atoms. The SMILES string of the molecule is CC(=NCCCN)/C(C)=N/O.CC(=NCCCN)/C(C)=N/O.[Co+2]. The summed E-state index contributed by atoms with van der Waals surface area (Å²) in [4.78, 5) is 8.26. The van der Waals surface area contributed by atoms with Gasteiger partial charge in [0.05, 0.1) is 22.8 Å². The van der Waals surface area contributed by atoms with E-state index in [9.17, 15) is 0 Å². The number of hydrogen-bond acceptors (Lipinski definition) is 8. The largest absolute Gasteiger partial charge is 2.00 e. The first-order valence-electron chi connectivity index (χ1n) is 7.24. The molecule has 0 spiro atoms. The fraction of sp³-hybridized carbons (Fsp3) is 0.714. The molecule has 0 amide bonds. The molecule has 0 aromatic rings. The number of aliphatic imine (C=N–C) groups is 2. The number of rotatable bonds is 8. The van der Waals surface area contributed by atoms with Crippen molar-refractivity contribution in [1.82, 2.24) is 0 Å². The number of nitrogens with zero attached hydrogens (tertiary/aromatic N) is 4. The van der Waals surface area contributed by atoms with E-state index in [1.807, 2.05) is 13.8 Å². The van der Waals surface area contributed by atoms with Gasteiger partial charge >= 0.3 is 16.8 Å². The Morgan fingerprint density at radius 3 is 1.22 bits per heavy atom. The van der Waals surface area contributed by atoms with Gasteiger partial charge in [-0.3, -0.25) is 9.98 Å². The average Bonchev–Trinajstić information content (AvgIpc) is 2.54. The Morgan fingerprint density at radius 2 is 1.00 bits per heavy atom. The zero-order valence-corrected chi connectivity index (χ0v) is 15.5. The van der Waals surface area contributed by atoms with Gasteiger partial charge in [0.2, 0.25) is 0 Å². The van der Waals surface area contributed by atoms with Crippen LogP contribution in [0.15, 0.2) is 20.3 Å². The van der Waals surface area contributed by atoms with E-state index < -0.39 is 0 Å². The van der Waals surface area contributed by atoms with E-state index in [0.29, 0.717) is 37.6 Å². The van der Waals surface area contributed by atoms with E-state index in [0.717, 1.165) is 24.3 Å². The number of hydrogen-bond donors (Lipinski definition) is 4. The van der Waals surface area contributed by atoms with E-state index in [2.05, 4.69) is 20.3 Å². The smallest absolute Gasteiger partial charge is 0.411 e. The first-order valence-corrected chi connectivity index (χ1v) is 7.24. The van der Waals surface area contributed by atoms with E-state index in [4.69, 9.17) is 21.9 Å². The molecule has 0 aromatic heterocycles. The van der Waals surface area contributed by atoms with Crippen molar-refractivity contribution in [3.63, 3.8) is 0 Å². The van der Waals surface area contributed by atoms with Crippen LogP contribution in [0.1, 0.15) is 40.5 Å². The molecule has 0 atom stereocenters. The molecule has 0 fully saturated rings. The Labute approximate surface area is 149 Å². The molecule has 23 heavy (non-hydrogen) atoms. The molecule has 8 nitrogen and oxygen atoms in total. The van der Waals surface area contributed by atoms with Crippen LogP contribution in [0, 0.1) is 0 Å². The van der Waals surface area contributed by atoms with Crippen LogP contribution in [0.25, 0.3) is 0 Å². The molecule has 0 unspecified atom stereocenters. The number of nitrogens with two attached hydrogens (primary N) is 2. The molecule has 135 valence electrons. The predicted octanol–water partition coefficient (Wildman–Crippen LogP) is 1.29. The normalized spacial score (nSPS) is 13.1. The van der Waals surface area contributed by atoms with Gasteiger partial charge in [-0.1, -0.05) is 10.3 Å². The average molecular weight is 373 g/mol. The van der Waals surface area contributed by atoms with Crippen molar-refractivity contribution in [2.24, 2.45) is 31.8 Å². The summed E-state index contributed by atoms with van der Waals surface area (Å²) in [5.74, 6) is 0. The Bertz CT molecular complexity index is 370. The third-order valence-electron chi connectivity index (χ3n) is 2.77. The third-order valence-corrected chi connectivity index (χ3v) is 2.77.